The van der Waals surface area contributed by atoms with Crippen molar-refractivity contribution in [3.05, 3.63) is 59.9 Å². The number of hydrogen-bond acceptors (Lipinski definition) is 7. The van der Waals surface area contributed by atoms with Crippen LogP contribution in [-0.2, 0) is 19.0 Å². The number of ether oxygens (including phenoxy) is 3. The van der Waals surface area contributed by atoms with Crippen molar-refractivity contribution < 1.29 is 38.7 Å². The van der Waals surface area contributed by atoms with Gasteiger partial charge >= 0.3 is 5.97 Å². The van der Waals surface area contributed by atoms with Gasteiger partial charge in [0, 0.05) is 12.7 Å². The van der Waals surface area contributed by atoms with Gasteiger partial charge in [0.2, 0.25) is 0 Å². The van der Waals surface area contributed by atoms with Crippen LogP contribution in [0.5, 0.6) is 0 Å². The van der Waals surface area contributed by atoms with E-state index in [1.54, 1.807) is 36.4 Å². The van der Waals surface area contributed by atoms with E-state index in [0.29, 0.717) is 16.7 Å². The zero-order chi connectivity index (χ0) is 21.8. The van der Waals surface area contributed by atoms with Gasteiger partial charge in [0.25, 0.3) is 0 Å². The molecule has 3 N–H and O–H groups in total. The molecule has 0 aromatic heterocycles. The van der Waals surface area contributed by atoms with E-state index in [1.165, 1.54) is 20.1 Å². The molecule has 3 rings (SSSR count). The van der Waals surface area contributed by atoms with Crippen LogP contribution >= 0.6 is 0 Å². The van der Waals surface area contributed by atoms with Gasteiger partial charge < -0.3 is 29.5 Å². The highest BCUT2D eigenvalue weighted by atomic mass is 19.1. The Morgan fingerprint density at radius 2 is 1.87 bits per heavy atom. The van der Waals surface area contributed by atoms with Crippen molar-refractivity contribution in [2.45, 2.75) is 43.5 Å². The molecule has 1 saturated heterocycles. The molecular formula is C22H25FO7. The Morgan fingerprint density at radius 3 is 2.47 bits per heavy atom. The average molecular weight is 420 g/mol. The van der Waals surface area contributed by atoms with E-state index in [-0.39, 0.29) is 0 Å². The number of aliphatic hydroxyl groups is 3. The summed E-state index contributed by atoms with van der Waals surface area (Å²) in [6.07, 6.45) is -6.55. The summed E-state index contributed by atoms with van der Waals surface area (Å²) in [4.78, 5) is 12.6. The van der Waals surface area contributed by atoms with E-state index in [0.717, 1.165) is 0 Å². The third-order valence-electron chi connectivity index (χ3n) is 5.24. The third-order valence-corrected chi connectivity index (χ3v) is 5.24. The predicted octanol–water partition coefficient (Wildman–Crippen LogP) is 1.59. The quantitative estimate of drug-likeness (QED) is 0.610. The molecular weight excluding hydrogens is 395 g/mol. The smallest absolute Gasteiger partial charge is 0.313 e. The molecule has 1 aliphatic rings. The predicted molar refractivity (Wildman–Crippen MR) is 105 cm³/mol. The summed E-state index contributed by atoms with van der Waals surface area (Å²) in [5.41, 5.74) is 1.50. The number of carbonyl (C=O) groups excluding carboxylic acids is 1. The first-order valence-corrected chi connectivity index (χ1v) is 9.58. The summed E-state index contributed by atoms with van der Waals surface area (Å²) < 4.78 is 30.2. The third kappa shape index (κ3) is 4.53. The summed E-state index contributed by atoms with van der Waals surface area (Å²) in [7, 11) is 1.28. The molecule has 0 amide bonds. The minimum atomic E-state index is -1.46. The van der Waals surface area contributed by atoms with Crippen LogP contribution in [0.3, 0.4) is 0 Å². The van der Waals surface area contributed by atoms with Crippen molar-refractivity contribution in [3.8, 4) is 11.1 Å². The molecule has 2 aromatic carbocycles. The number of carbonyl (C=O) groups is 1. The van der Waals surface area contributed by atoms with Crippen LogP contribution in [0.1, 0.15) is 18.4 Å². The summed E-state index contributed by atoms with van der Waals surface area (Å²) >= 11 is 0. The Bertz CT molecular complexity index is 844. The van der Waals surface area contributed by atoms with Gasteiger partial charge in [0.15, 0.2) is 12.4 Å². The van der Waals surface area contributed by atoms with Crippen LogP contribution in [-0.4, -0.2) is 65.7 Å². The van der Waals surface area contributed by atoms with Crippen LogP contribution < -0.4 is 0 Å². The molecule has 0 aliphatic carbocycles. The largest absolute Gasteiger partial charge is 0.456 e. The standard InChI is InChI=1S/C22H25FO7/c1-12(14-8-9-15(16(23)10-14)13-6-4-3-5-7-13)21(27)30-20-18(25)17(11-24)29-22(28-2)19(20)26/h3-10,12,17-20,22,24-26H,11H2,1-2H3/t12?,17-,18-,19-,20+,22+/m1/s1. The highest BCUT2D eigenvalue weighted by Gasteiger charge is 2.47. The second-order valence-electron chi connectivity index (χ2n) is 7.17. The molecule has 1 unspecified atom stereocenters. The van der Waals surface area contributed by atoms with Gasteiger partial charge in [-0.3, -0.25) is 4.79 Å². The maximum absolute atomic E-state index is 14.6. The van der Waals surface area contributed by atoms with E-state index >= 15 is 0 Å². The second kappa shape index (κ2) is 9.63. The molecule has 1 fully saturated rings. The highest BCUT2D eigenvalue weighted by molar-refractivity contribution is 5.78. The normalized spacial score (nSPS) is 27.5. The first kappa shape index (κ1) is 22.3. The minimum absolute atomic E-state index is 0.384. The Balaban J connectivity index is 1.76. The molecule has 1 aliphatic heterocycles. The molecule has 7 nitrogen and oxygen atoms in total. The monoisotopic (exact) mass is 420 g/mol. The molecule has 0 radical (unpaired) electrons. The molecule has 6 atom stereocenters. The SMILES string of the molecule is CO[C@H]1O[C@H](CO)[C@@H](O)[C@H](OC(=O)C(C)c2ccc(-c3ccccc3)c(F)c2)[C@H]1O. The highest BCUT2D eigenvalue weighted by Crippen LogP contribution is 2.29. The van der Waals surface area contributed by atoms with Gasteiger partial charge in [-0.05, 0) is 24.1 Å². The molecule has 8 heteroatoms. The van der Waals surface area contributed by atoms with Crippen LogP contribution in [0.2, 0.25) is 0 Å². The minimum Gasteiger partial charge on any atom is -0.456 e. The lowest BCUT2D eigenvalue weighted by Crippen LogP contribution is -2.60. The lowest BCUT2D eigenvalue weighted by molar-refractivity contribution is -0.297. The molecule has 30 heavy (non-hydrogen) atoms. The lowest BCUT2D eigenvalue weighted by atomic mass is 9.96. The van der Waals surface area contributed by atoms with Crippen molar-refractivity contribution in [2.24, 2.45) is 0 Å². The van der Waals surface area contributed by atoms with E-state index in [4.69, 9.17) is 14.2 Å². The Morgan fingerprint density at radius 1 is 1.17 bits per heavy atom. The Labute approximate surface area is 173 Å². The number of halogens is 1. The molecule has 1 heterocycles. The molecule has 0 bridgehead atoms. The summed E-state index contributed by atoms with van der Waals surface area (Å²) in [6, 6.07) is 13.5. The molecule has 162 valence electrons. The number of esters is 1. The van der Waals surface area contributed by atoms with Crippen LogP contribution in [0.25, 0.3) is 11.1 Å². The topological polar surface area (TPSA) is 105 Å². The number of methoxy groups -OCH3 is 1. The summed E-state index contributed by atoms with van der Waals surface area (Å²) in [5.74, 6) is -2.11. The van der Waals surface area contributed by atoms with Gasteiger partial charge in [-0.2, -0.15) is 0 Å². The van der Waals surface area contributed by atoms with Gasteiger partial charge in [-0.1, -0.05) is 42.5 Å². The summed E-state index contributed by atoms with van der Waals surface area (Å²) in [6.45, 7) is 0.984. The fourth-order valence-corrected chi connectivity index (χ4v) is 3.41. The Kier molecular flexibility index (Phi) is 7.17. The van der Waals surface area contributed by atoms with E-state index in [2.05, 4.69) is 0 Å². The fraction of sp³-hybridized carbons (Fsp3) is 0.409. The Hall–Kier alpha value is -2.36. The molecule has 0 saturated carbocycles. The maximum Gasteiger partial charge on any atom is 0.313 e. The maximum atomic E-state index is 14.6. The van der Waals surface area contributed by atoms with Gasteiger partial charge in [-0.25, -0.2) is 4.39 Å². The van der Waals surface area contributed by atoms with Gasteiger partial charge in [-0.15, -0.1) is 0 Å². The molecule has 2 aromatic rings. The number of rotatable bonds is 6. The summed E-state index contributed by atoms with van der Waals surface area (Å²) in [5, 5.41) is 29.9. The van der Waals surface area contributed by atoms with Gasteiger partial charge in [0.1, 0.15) is 24.1 Å². The fourth-order valence-electron chi connectivity index (χ4n) is 3.41. The molecule has 0 spiro atoms. The van der Waals surface area contributed by atoms with Crippen LogP contribution in [0.15, 0.2) is 48.5 Å². The van der Waals surface area contributed by atoms with Crippen LogP contribution in [0, 0.1) is 5.82 Å². The first-order valence-electron chi connectivity index (χ1n) is 9.58. The zero-order valence-corrected chi connectivity index (χ0v) is 16.6. The van der Waals surface area contributed by atoms with Crippen molar-refractivity contribution in [3.63, 3.8) is 0 Å². The van der Waals surface area contributed by atoms with E-state index < -0.39 is 55.0 Å². The average Bonchev–Trinajstić information content (AvgIpc) is 2.76. The van der Waals surface area contributed by atoms with E-state index in [1.807, 2.05) is 6.07 Å². The van der Waals surface area contributed by atoms with Crippen molar-refractivity contribution in [1.29, 1.82) is 0 Å². The van der Waals surface area contributed by atoms with Crippen molar-refractivity contribution in [2.75, 3.05) is 13.7 Å². The van der Waals surface area contributed by atoms with Crippen LogP contribution in [0.4, 0.5) is 4.39 Å². The number of aliphatic hydroxyl groups excluding tert-OH is 3. The first-order chi connectivity index (χ1) is 14.4. The number of hydrogen-bond donors (Lipinski definition) is 3. The number of benzene rings is 2. The van der Waals surface area contributed by atoms with Crippen molar-refractivity contribution in [1.82, 2.24) is 0 Å². The lowest BCUT2D eigenvalue weighted by Gasteiger charge is -2.41. The second-order valence-corrected chi connectivity index (χ2v) is 7.17. The van der Waals surface area contributed by atoms with Crippen molar-refractivity contribution >= 4 is 5.97 Å². The van der Waals surface area contributed by atoms with E-state index in [9.17, 15) is 24.5 Å². The zero-order valence-electron chi connectivity index (χ0n) is 16.6. The van der Waals surface area contributed by atoms with Gasteiger partial charge in [0.05, 0.1) is 12.5 Å².